The topological polar surface area (TPSA) is 202 Å². The van der Waals surface area contributed by atoms with Crippen molar-refractivity contribution in [3.8, 4) is 5.75 Å². The fourth-order valence-corrected chi connectivity index (χ4v) is 9.97. The van der Waals surface area contributed by atoms with Gasteiger partial charge in [0.25, 0.3) is 0 Å². The number of nitrogens with one attached hydrogen (secondary N) is 1. The number of likely N-dealkylation sites (tertiary alicyclic amines) is 1. The van der Waals surface area contributed by atoms with Crippen LogP contribution in [0, 0.1) is 11.8 Å². The lowest BCUT2D eigenvalue weighted by atomic mass is 9.82. The van der Waals surface area contributed by atoms with E-state index >= 15 is 0 Å². The number of carbonyl (C=O) groups is 7. The summed E-state index contributed by atoms with van der Waals surface area (Å²) in [7, 11) is 4.51. The summed E-state index contributed by atoms with van der Waals surface area (Å²) < 4.78 is 23.7. The third kappa shape index (κ3) is 12.3. The fourth-order valence-electron chi connectivity index (χ4n) is 8.55. The lowest BCUT2D eigenvalue weighted by Crippen LogP contribution is -2.60. The van der Waals surface area contributed by atoms with Crippen LogP contribution in [0.2, 0.25) is 5.02 Å². The maximum Gasteiger partial charge on any atom is 0.409 e. The van der Waals surface area contributed by atoms with Crippen molar-refractivity contribution in [1.82, 2.24) is 15.1 Å². The van der Waals surface area contributed by atoms with Gasteiger partial charge in [-0.3, -0.25) is 34.2 Å². The molecule has 18 heteroatoms. The predicted molar refractivity (Wildman–Crippen MR) is 245 cm³/mol. The van der Waals surface area contributed by atoms with E-state index in [1.54, 1.807) is 46.0 Å². The van der Waals surface area contributed by atoms with Crippen LogP contribution in [0.15, 0.2) is 35.9 Å². The van der Waals surface area contributed by atoms with E-state index in [9.17, 15) is 38.7 Å². The number of thioether (sulfide) groups is 1. The molecule has 65 heavy (non-hydrogen) atoms. The number of nitrogens with zero attached hydrogens (tertiary/aromatic N) is 3. The first-order valence-corrected chi connectivity index (χ1v) is 23.9. The normalized spacial score (nSPS) is 30.0. The van der Waals surface area contributed by atoms with Gasteiger partial charge in [0, 0.05) is 70.3 Å². The van der Waals surface area contributed by atoms with Crippen molar-refractivity contribution in [3.63, 3.8) is 0 Å². The van der Waals surface area contributed by atoms with Gasteiger partial charge in [0.05, 0.1) is 30.6 Å². The predicted octanol–water partition coefficient (Wildman–Crippen LogP) is 5.93. The second kappa shape index (κ2) is 21.9. The molecule has 2 N–H and O–H groups in total. The van der Waals surface area contributed by atoms with E-state index in [0.29, 0.717) is 50.1 Å². The van der Waals surface area contributed by atoms with Crippen molar-refractivity contribution in [3.05, 3.63) is 46.5 Å². The van der Waals surface area contributed by atoms with E-state index in [1.165, 1.54) is 47.5 Å². The number of unbranched alkanes of at least 4 members (excludes halogenated alkanes) is 2. The smallest absolute Gasteiger partial charge is 0.409 e. The lowest BCUT2D eigenvalue weighted by molar-refractivity contribution is -0.162. The van der Waals surface area contributed by atoms with E-state index in [0.717, 1.165) is 17.6 Å². The van der Waals surface area contributed by atoms with Crippen molar-refractivity contribution in [2.75, 3.05) is 38.4 Å². The van der Waals surface area contributed by atoms with E-state index in [1.807, 2.05) is 26.0 Å². The van der Waals surface area contributed by atoms with Gasteiger partial charge in [0.2, 0.25) is 23.6 Å². The number of methoxy groups -OCH3 is 1. The maximum absolute atomic E-state index is 14.3. The number of allylic oxidation sites excluding steroid dienone is 3. The summed E-state index contributed by atoms with van der Waals surface area (Å²) in [4.78, 5) is 95.8. The van der Waals surface area contributed by atoms with Crippen molar-refractivity contribution < 1.29 is 57.6 Å². The summed E-state index contributed by atoms with van der Waals surface area (Å²) in [5, 5.41) is 13.9. The molecule has 3 fully saturated rings. The first kappa shape index (κ1) is 51.5. The van der Waals surface area contributed by atoms with Gasteiger partial charge in [-0.1, -0.05) is 62.6 Å². The summed E-state index contributed by atoms with van der Waals surface area (Å²) in [6.45, 7) is 10.9. The number of carbonyl (C=O) groups excluding carboxylic acids is 7. The number of hydrogen-bond acceptors (Lipinski definition) is 13. The molecule has 1 aromatic rings. The van der Waals surface area contributed by atoms with Crippen LogP contribution in [-0.2, 0) is 49.4 Å². The minimum absolute atomic E-state index is 0.0231. The molecule has 3 saturated heterocycles. The number of esters is 1. The molecular weight excluding hydrogens is 880 g/mol. The minimum Gasteiger partial charge on any atom is -0.495 e. The van der Waals surface area contributed by atoms with Crippen molar-refractivity contribution >= 4 is 70.5 Å². The number of fused-ring (bicyclic) bond motifs is 5. The second-order valence-electron chi connectivity index (χ2n) is 17.9. The SMILES string of the molecule is CCC(=O)CCCCCN1C(=O)CC(SCCC(=O)N(C)[C@@H](C)C(=O)O[C@H]2CC(=O)N(C)c3cc(cc(OC)c3Cl)C/C(C)=C/C=C/[C@@H](C)[C@@]3(O)C[C@H](OC(=O)N3)[C@@H](C)[C@@H]3O[C@@]23C)C1=O. The number of aliphatic hydroxyl groups is 1. The molecule has 1 aromatic carbocycles. The highest BCUT2D eigenvalue weighted by atomic mass is 35.5. The Balaban J connectivity index is 1.30. The highest BCUT2D eigenvalue weighted by Crippen LogP contribution is 2.49. The van der Waals surface area contributed by atoms with Crippen LogP contribution in [0.4, 0.5) is 10.5 Å². The number of ketones is 1. The van der Waals surface area contributed by atoms with Gasteiger partial charge in [-0.05, 0) is 57.7 Å². The molecule has 4 aliphatic heterocycles. The van der Waals surface area contributed by atoms with Gasteiger partial charge in [0.15, 0.2) is 0 Å². The summed E-state index contributed by atoms with van der Waals surface area (Å²) in [5.41, 5.74) is -0.790. The van der Waals surface area contributed by atoms with Gasteiger partial charge < -0.3 is 33.9 Å². The summed E-state index contributed by atoms with van der Waals surface area (Å²) in [6.07, 6.45) is 5.23. The molecule has 358 valence electrons. The molecular formula is C47H65ClN4O12S. The summed E-state index contributed by atoms with van der Waals surface area (Å²) in [6, 6.07) is 2.48. The van der Waals surface area contributed by atoms with Gasteiger partial charge in [-0.25, -0.2) is 9.59 Å². The maximum atomic E-state index is 14.3. The van der Waals surface area contributed by atoms with Crippen molar-refractivity contribution in [2.24, 2.45) is 11.8 Å². The lowest BCUT2D eigenvalue weighted by Gasteiger charge is -2.41. The summed E-state index contributed by atoms with van der Waals surface area (Å²) >= 11 is 8.02. The Kier molecular flexibility index (Phi) is 17.4. The number of anilines is 1. The fraction of sp³-hybridized carbons (Fsp3) is 0.638. The first-order valence-electron chi connectivity index (χ1n) is 22.4. The van der Waals surface area contributed by atoms with Crippen LogP contribution < -0.4 is 15.0 Å². The Morgan fingerprint density at radius 2 is 1.82 bits per heavy atom. The number of Topliss-reactive ketones (excluding diaryl/α,β-unsaturated/α-hetero) is 1. The van der Waals surface area contributed by atoms with Crippen LogP contribution in [-0.4, -0.2) is 131 Å². The number of alkyl carbamates (subject to hydrolysis) is 1. The van der Waals surface area contributed by atoms with Gasteiger partial charge in [-0.15, -0.1) is 11.8 Å². The molecule has 0 spiro atoms. The van der Waals surface area contributed by atoms with Crippen LogP contribution in [0.25, 0.3) is 0 Å². The molecule has 4 bridgehead atoms. The zero-order valence-corrected chi connectivity index (χ0v) is 40.6. The molecule has 16 nitrogen and oxygen atoms in total. The zero-order valence-electron chi connectivity index (χ0n) is 39.0. The van der Waals surface area contributed by atoms with Crippen LogP contribution in [0.1, 0.15) is 105 Å². The second-order valence-corrected chi connectivity index (χ2v) is 19.6. The molecule has 9 atom stereocenters. The molecule has 1 unspecified atom stereocenters. The standard InChI is InChI=1S/C47H65ClN4O12S/c1-10-32(53)17-12-11-13-19-52-40(56)24-36(43(52)57)65-20-18-38(54)50(7)30(5)44(58)63-37-25-39(55)51(8)33-22-31(23-34(61-9)41(33)48)21-27(2)15-14-16-28(3)47(60)26-35(62-45(59)49-47)29(4)42-46(37,6)64-42/h14-16,22-23,28-30,35-37,42,60H,10-13,17-21,24-26H2,1-9H3,(H,49,59)/b16-14+,27-15+/t28-,29-,30+,35+,36?,37+,42+,46+,47+/m1/s1. The molecule has 5 amide bonds. The average Bonchev–Trinajstić information content (AvgIpc) is 3.89. The van der Waals surface area contributed by atoms with Gasteiger partial charge in [-0.2, -0.15) is 0 Å². The first-order chi connectivity index (χ1) is 30.6. The highest BCUT2D eigenvalue weighted by Gasteiger charge is 2.64. The minimum atomic E-state index is -1.66. The van der Waals surface area contributed by atoms with Crippen LogP contribution >= 0.6 is 23.4 Å². The molecule has 4 aliphatic rings. The van der Waals surface area contributed by atoms with E-state index < -0.39 is 76.6 Å². The Morgan fingerprint density at radius 3 is 2.51 bits per heavy atom. The Morgan fingerprint density at radius 1 is 1.09 bits per heavy atom. The highest BCUT2D eigenvalue weighted by molar-refractivity contribution is 8.00. The van der Waals surface area contributed by atoms with E-state index in [2.05, 4.69) is 5.32 Å². The van der Waals surface area contributed by atoms with Gasteiger partial charge >= 0.3 is 12.1 Å². The van der Waals surface area contributed by atoms with E-state index in [-0.39, 0.29) is 54.1 Å². The Labute approximate surface area is 391 Å². The number of likely N-dealkylation sites (N-methyl/N-ethyl adjacent to an activating group) is 1. The van der Waals surface area contributed by atoms with Crippen molar-refractivity contribution in [1.29, 1.82) is 0 Å². The average molecular weight is 946 g/mol. The van der Waals surface area contributed by atoms with Crippen LogP contribution in [0.3, 0.4) is 0 Å². The number of hydrogen-bond donors (Lipinski definition) is 2. The van der Waals surface area contributed by atoms with Crippen molar-refractivity contribution in [2.45, 2.75) is 147 Å². The summed E-state index contributed by atoms with van der Waals surface area (Å²) in [5.74, 6) is -2.49. The number of benzene rings is 1. The van der Waals surface area contributed by atoms with Crippen LogP contribution in [0.5, 0.6) is 5.75 Å². The van der Waals surface area contributed by atoms with Gasteiger partial charge in [0.1, 0.15) is 46.1 Å². The number of epoxide rings is 1. The Hall–Kier alpha value is -4.45. The molecule has 0 saturated carbocycles. The number of ether oxygens (including phenoxy) is 4. The molecule has 5 rings (SSSR count). The molecule has 0 radical (unpaired) electrons. The van der Waals surface area contributed by atoms with E-state index in [4.69, 9.17) is 30.5 Å². The third-order valence-electron chi connectivity index (χ3n) is 13.2. The number of rotatable bonds is 15. The molecule has 0 aromatic heterocycles. The third-order valence-corrected chi connectivity index (χ3v) is 14.8. The number of amides is 5. The molecule has 4 heterocycles. The zero-order chi connectivity index (χ0) is 48.0. The Bertz CT molecular complexity index is 2070. The monoisotopic (exact) mass is 944 g/mol. The quantitative estimate of drug-likeness (QED) is 0.0909. The largest absolute Gasteiger partial charge is 0.495 e. The number of halogens is 1. The number of imide groups is 1. The molecule has 0 aliphatic carbocycles.